The summed E-state index contributed by atoms with van der Waals surface area (Å²) in [5, 5.41) is 6.34. The van der Waals surface area contributed by atoms with Crippen LogP contribution >= 0.6 is 15.9 Å². The highest BCUT2D eigenvalue weighted by Gasteiger charge is 2.12. The molecule has 154 valence electrons. The fraction of sp³-hybridized carbons (Fsp3) is 0.250. The zero-order chi connectivity index (χ0) is 21.2. The van der Waals surface area contributed by atoms with E-state index in [0.717, 1.165) is 15.6 Å². The Balaban J connectivity index is 1.80. The number of carbonyl (C=O) groups excluding carboxylic acids is 2. The van der Waals surface area contributed by atoms with Gasteiger partial charge in [-0.25, -0.2) is 5.43 Å². The number of rotatable bonds is 8. The molecule has 0 atom stereocenters. The Morgan fingerprint density at radius 1 is 0.966 bits per heavy atom. The first-order valence-electron chi connectivity index (χ1n) is 8.64. The van der Waals surface area contributed by atoms with Crippen LogP contribution in [0, 0.1) is 0 Å². The number of hydrazone groups is 1. The van der Waals surface area contributed by atoms with Gasteiger partial charge in [0.15, 0.2) is 11.5 Å². The molecule has 0 bridgehead atoms. The summed E-state index contributed by atoms with van der Waals surface area (Å²) in [6.07, 6.45) is 1.96. The molecule has 2 amide bonds. The molecule has 0 aliphatic carbocycles. The standard InChI is InChI=1S/C20H22BrN3O5/c1-27-16-6-5-14(10-15(16)21)12-23-24-20(26)19(25)22-9-8-13-4-7-17(28-2)18(11-13)29-3/h4-7,10-12H,8-9H2,1-3H3,(H,22,25)(H,24,26)/b23-12-. The summed E-state index contributed by atoms with van der Waals surface area (Å²) in [6.45, 7) is 0.289. The number of halogens is 1. The minimum Gasteiger partial charge on any atom is -0.496 e. The number of nitrogens with one attached hydrogen (secondary N) is 2. The van der Waals surface area contributed by atoms with Gasteiger partial charge in [-0.2, -0.15) is 5.10 Å². The molecule has 0 unspecified atom stereocenters. The summed E-state index contributed by atoms with van der Waals surface area (Å²) in [7, 11) is 4.68. The number of hydrogen-bond acceptors (Lipinski definition) is 6. The first kappa shape index (κ1) is 22.2. The maximum absolute atomic E-state index is 11.9. The highest BCUT2D eigenvalue weighted by Crippen LogP contribution is 2.27. The molecule has 0 spiro atoms. The zero-order valence-corrected chi connectivity index (χ0v) is 17.9. The van der Waals surface area contributed by atoms with E-state index in [1.807, 2.05) is 12.1 Å². The van der Waals surface area contributed by atoms with Crippen molar-refractivity contribution < 1.29 is 23.8 Å². The second kappa shape index (κ2) is 11.1. The monoisotopic (exact) mass is 463 g/mol. The summed E-state index contributed by atoms with van der Waals surface area (Å²) < 4.78 is 16.3. The molecule has 2 N–H and O–H groups in total. The third kappa shape index (κ3) is 6.49. The van der Waals surface area contributed by atoms with E-state index in [1.165, 1.54) is 6.21 Å². The lowest BCUT2D eigenvalue weighted by Crippen LogP contribution is -2.38. The molecule has 8 nitrogen and oxygen atoms in total. The highest BCUT2D eigenvalue weighted by molar-refractivity contribution is 9.10. The van der Waals surface area contributed by atoms with Crippen LogP contribution < -0.4 is 25.0 Å². The summed E-state index contributed by atoms with van der Waals surface area (Å²) in [6, 6.07) is 10.8. The number of nitrogens with zero attached hydrogens (tertiary/aromatic N) is 1. The lowest BCUT2D eigenvalue weighted by Gasteiger charge is -2.10. The maximum Gasteiger partial charge on any atom is 0.329 e. The number of amides is 2. The molecule has 0 aliphatic rings. The van der Waals surface area contributed by atoms with Gasteiger partial charge in [0, 0.05) is 6.54 Å². The fourth-order valence-electron chi connectivity index (χ4n) is 2.42. The molecule has 2 aromatic rings. The molecule has 0 aromatic heterocycles. The van der Waals surface area contributed by atoms with E-state index in [-0.39, 0.29) is 6.54 Å². The van der Waals surface area contributed by atoms with Crippen molar-refractivity contribution in [2.45, 2.75) is 6.42 Å². The van der Waals surface area contributed by atoms with Gasteiger partial charge in [0.1, 0.15) is 5.75 Å². The summed E-state index contributed by atoms with van der Waals surface area (Å²) in [5.74, 6) is 0.301. The van der Waals surface area contributed by atoms with Crippen LogP contribution in [0.4, 0.5) is 0 Å². The summed E-state index contributed by atoms with van der Waals surface area (Å²) >= 11 is 3.36. The first-order valence-corrected chi connectivity index (χ1v) is 9.43. The Labute approximate surface area is 177 Å². The molecule has 0 radical (unpaired) electrons. The first-order chi connectivity index (χ1) is 14.0. The molecule has 0 saturated carbocycles. The fourth-order valence-corrected chi connectivity index (χ4v) is 2.97. The van der Waals surface area contributed by atoms with Gasteiger partial charge < -0.3 is 19.5 Å². The topological polar surface area (TPSA) is 98.2 Å². The van der Waals surface area contributed by atoms with E-state index < -0.39 is 11.8 Å². The Morgan fingerprint density at radius 2 is 1.66 bits per heavy atom. The second-order valence-corrected chi connectivity index (χ2v) is 6.64. The van der Waals surface area contributed by atoms with Crippen molar-refractivity contribution in [3.63, 3.8) is 0 Å². The van der Waals surface area contributed by atoms with Gasteiger partial charge >= 0.3 is 11.8 Å². The molecule has 0 aliphatic heterocycles. The molecule has 2 aromatic carbocycles. The van der Waals surface area contributed by atoms with Crippen molar-refractivity contribution in [2.24, 2.45) is 5.10 Å². The average molecular weight is 464 g/mol. The van der Waals surface area contributed by atoms with Crippen LogP contribution in [-0.2, 0) is 16.0 Å². The Kier molecular flexibility index (Phi) is 8.47. The van der Waals surface area contributed by atoms with E-state index in [1.54, 1.807) is 45.6 Å². The van der Waals surface area contributed by atoms with Crippen LogP contribution in [0.3, 0.4) is 0 Å². The molecule has 0 heterocycles. The van der Waals surface area contributed by atoms with Gasteiger partial charge in [-0.15, -0.1) is 0 Å². The van der Waals surface area contributed by atoms with Gasteiger partial charge in [0.25, 0.3) is 0 Å². The van der Waals surface area contributed by atoms with Gasteiger partial charge in [-0.05, 0) is 63.8 Å². The van der Waals surface area contributed by atoms with Crippen molar-refractivity contribution in [3.8, 4) is 17.2 Å². The summed E-state index contributed by atoms with van der Waals surface area (Å²) in [5.41, 5.74) is 3.86. The van der Waals surface area contributed by atoms with Crippen LogP contribution in [0.1, 0.15) is 11.1 Å². The van der Waals surface area contributed by atoms with Crippen LogP contribution in [0.2, 0.25) is 0 Å². The smallest absolute Gasteiger partial charge is 0.329 e. The number of ether oxygens (including phenoxy) is 3. The van der Waals surface area contributed by atoms with Gasteiger partial charge in [-0.3, -0.25) is 9.59 Å². The van der Waals surface area contributed by atoms with Crippen molar-refractivity contribution in [1.82, 2.24) is 10.7 Å². The Morgan fingerprint density at radius 3 is 2.31 bits per heavy atom. The number of methoxy groups -OCH3 is 3. The lowest BCUT2D eigenvalue weighted by molar-refractivity contribution is -0.139. The quantitative estimate of drug-likeness (QED) is 0.355. The van der Waals surface area contributed by atoms with Gasteiger partial charge in [0.2, 0.25) is 0 Å². The zero-order valence-electron chi connectivity index (χ0n) is 16.3. The van der Waals surface area contributed by atoms with Crippen molar-refractivity contribution in [1.29, 1.82) is 0 Å². The SMILES string of the molecule is COc1ccc(/C=N\NC(=O)C(=O)NCCc2ccc(OC)c(OC)c2)cc1Br. The lowest BCUT2D eigenvalue weighted by atomic mass is 10.1. The predicted molar refractivity (Wildman–Crippen MR) is 113 cm³/mol. The second-order valence-electron chi connectivity index (χ2n) is 5.79. The van der Waals surface area contributed by atoms with E-state index >= 15 is 0 Å². The predicted octanol–water partition coefficient (Wildman–Crippen LogP) is 2.28. The molecule has 0 saturated heterocycles. The minimum absolute atomic E-state index is 0.289. The molecular weight excluding hydrogens is 442 g/mol. The normalized spacial score (nSPS) is 10.5. The molecule has 9 heteroatoms. The third-order valence-corrected chi connectivity index (χ3v) is 4.53. The van der Waals surface area contributed by atoms with Crippen molar-refractivity contribution >= 4 is 34.0 Å². The van der Waals surface area contributed by atoms with Gasteiger partial charge in [-0.1, -0.05) is 6.07 Å². The molecule has 29 heavy (non-hydrogen) atoms. The maximum atomic E-state index is 11.9. The largest absolute Gasteiger partial charge is 0.496 e. The number of carbonyl (C=O) groups is 2. The van der Waals surface area contributed by atoms with Gasteiger partial charge in [0.05, 0.1) is 32.0 Å². The summed E-state index contributed by atoms with van der Waals surface area (Å²) in [4.78, 5) is 23.7. The van der Waals surface area contributed by atoms with Crippen LogP contribution in [-0.4, -0.2) is 45.9 Å². The van der Waals surface area contributed by atoms with E-state index in [2.05, 4.69) is 31.8 Å². The molecule has 2 rings (SSSR count). The third-order valence-electron chi connectivity index (χ3n) is 3.91. The van der Waals surface area contributed by atoms with E-state index in [9.17, 15) is 9.59 Å². The van der Waals surface area contributed by atoms with Crippen molar-refractivity contribution in [3.05, 3.63) is 52.0 Å². The highest BCUT2D eigenvalue weighted by atomic mass is 79.9. The Bertz CT molecular complexity index is 902. The Hall–Kier alpha value is -3.07. The van der Waals surface area contributed by atoms with Crippen LogP contribution in [0.25, 0.3) is 0 Å². The molecule has 0 fully saturated rings. The van der Waals surface area contributed by atoms with Crippen LogP contribution in [0.5, 0.6) is 17.2 Å². The molecular formula is C20H22BrN3O5. The minimum atomic E-state index is -0.846. The average Bonchev–Trinajstić information content (AvgIpc) is 2.73. The van der Waals surface area contributed by atoms with E-state index in [4.69, 9.17) is 14.2 Å². The van der Waals surface area contributed by atoms with E-state index in [0.29, 0.717) is 23.7 Å². The van der Waals surface area contributed by atoms with Crippen molar-refractivity contribution in [2.75, 3.05) is 27.9 Å². The number of hydrogen-bond donors (Lipinski definition) is 2. The van der Waals surface area contributed by atoms with Crippen LogP contribution in [0.15, 0.2) is 46.0 Å². The number of benzene rings is 2.